The number of nitrogens with zero attached hydrogens (tertiary/aromatic N) is 1. The highest BCUT2D eigenvalue weighted by Gasteiger charge is 2.27. The Labute approximate surface area is 103 Å². The molecular weight excluding hydrogens is 212 g/mol. The average Bonchev–Trinajstić information content (AvgIpc) is 2.35. The predicted molar refractivity (Wildman–Crippen MR) is 70.8 cm³/mol. The minimum atomic E-state index is -0.183. The molecule has 0 amide bonds. The van der Waals surface area contributed by atoms with Gasteiger partial charge in [-0.2, -0.15) is 0 Å². The van der Waals surface area contributed by atoms with Crippen molar-refractivity contribution < 1.29 is 5.11 Å². The SMILES string of the molecule is CCN1CCC(O)C(Cc2ccccc2N)C1. The third-order valence-corrected chi connectivity index (χ3v) is 3.76. The van der Waals surface area contributed by atoms with Gasteiger partial charge in [-0.15, -0.1) is 0 Å². The first-order valence-electron chi connectivity index (χ1n) is 6.44. The maximum absolute atomic E-state index is 10.1. The number of aliphatic hydroxyl groups excluding tert-OH is 1. The summed E-state index contributed by atoms with van der Waals surface area (Å²) in [5, 5.41) is 10.1. The van der Waals surface area contributed by atoms with Crippen LogP contribution in [0.25, 0.3) is 0 Å². The second-order valence-corrected chi connectivity index (χ2v) is 4.91. The molecule has 0 bridgehead atoms. The van der Waals surface area contributed by atoms with Gasteiger partial charge < -0.3 is 15.7 Å². The smallest absolute Gasteiger partial charge is 0.0596 e. The van der Waals surface area contributed by atoms with Gasteiger partial charge in [0, 0.05) is 24.7 Å². The van der Waals surface area contributed by atoms with E-state index >= 15 is 0 Å². The first kappa shape index (κ1) is 12.4. The normalized spacial score (nSPS) is 26.0. The molecule has 1 saturated heterocycles. The van der Waals surface area contributed by atoms with E-state index in [1.807, 2.05) is 18.2 Å². The fourth-order valence-electron chi connectivity index (χ4n) is 2.59. The molecule has 1 aliphatic heterocycles. The van der Waals surface area contributed by atoms with E-state index in [4.69, 9.17) is 5.73 Å². The largest absolute Gasteiger partial charge is 0.399 e. The molecule has 3 nitrogen and oxygen atoms in total. The number of anilines is 1. The van der Waals surface area contributed by atoms with Gasteiger partial charge in [0.05, 0.1) is 6.10 Å². The van der Waals surface area contributed by atoms with E-state index in [0.29, 0.717) is 5.92 Å². The van der Waals surface area contributed by atoms with Gasteiger partial charge in [-0.3, -0.25) is 0 Å². The molecule has 2 atom stereocenters. The van der Waals surface area contributed by atoms with Crippen molar-refractivity contribution in [2.75, 3.05) is 25.4 Å². The lowest BCUT2D eigenvalue weighted by atomic mass is 9.88. The minimum absolute atomic E-state index is 0.183. The number of rotatable bonds is 3. The van der Waals surface area contributed by atoms with Crippen molar-refractivity contribution in [1.29, 1.82) is 0 Å². The number of hydrogen-bond acceptors (Lipinski definition) is 3. The number of likely N-dealkylation sites (tertiary alicyclic amines) is 1. The predicted octanol–water partition coefficient (Wildman–Crippen LogP) is 1.51. The van der Waals surface area contributed by atoms with E-state index in [2.05, 4.69) is 17.9 Å². The third-order valence-electron chi connectivity index (χ3n) is 3.76. The number of benzene rings is 1. The van der Waals surface area contributed by atoms with E-state index in [9.17, 15) is 5.11 Å². The Kier molecular flexibility index (Phi) is 4.02. The lowest BCUT2D eigenvalue weighted by Crippen LogP contribution is -2.43. The van der Waals surface area contributed by atoms with Crippen LogP contribution in [0.2, 0.25) is 0 Å². The summed E-state index contributed by atoms with van der Waals surface area (Å²) in [4.78, 5) is 2.40. The van der Waals surface area contributed by atoms with E-state index in [1.54, 1.807) is 0 Å². The third kappa shape index (κ3) is 2.99. The zero-order chi connectivity index (χ0) is 12.3. The van der Waals surface area contributed by atoms with Crippen LogP contribution in [0, 0.1) is 5.92 Å². The molecule has 3 N–H and O–H groups in total. The van der Waals surface area contributed by atoms with E-state index in [-0.39, 0.29) is 6.10 Å². The number of para-hydroxylation sites is 1. The number of hydrogen-bond donors (Lipinski definition) is 2. The molecule has 2 rings (SSSR count). The summed E-state index contributed by atoms with van der Waals surface area (Å²) in [5.41, 5.74) is 7.96. The summed E-state index contributed by atoms with van der Waals surface area (Å²) in [6.07, 6.45) is 1.58. The Morgan fingerprint density at radius 3 is 2.88 bits per heavy atom. The van der Waals surface area contributed by atoms with Crippen molar-refractivity contribution in [1.82, 2.24) is 4.90 Å². The molecule has 1 aromatic carbocycles. The highest BCUT2D eigenvalue weighted by Crippen LogP contribution is 2.23. The summed E-state index contributed by atoms with van der Waals surface area (Å²) in [6.45, 7) is 5.23. The Morgan fingerprint density at radius 1 is 1.41 bits per heavy atom. The van der Waals surface area contributed by atoms with E-state index in [1.165, 1.54) is 0 Å². The van der Waals surface area contributed by atoms with Crippen LogP contribution in [-0.4, -0.2) is 35.7 Å². The summed E-state index contributed by atoms with van der Waals surface area (Å²) in [6, 6.07) is 7.96. The van der Waals surface area contributed by atoms with Crippen molar-refractivity contribution in [2.24, 2.45) is 5.92 Å². The van der Waals surface area contributed by atoms with Gasteiger partial charge in [-0.25, -0.2) is 0 Å². The molecule has 17 heavy (non-hydrogen) atoms. The molecule has 2 unspecified atom stereocenters. The molecular formula is C14H22N2O. The highest BCUT2D eigenvalue weighted by atomic mass is 16.3. The lowest BCUT2D eigenvalue weighted by Gasteiger charge is -2.35. The number of nitrogen functional groups attached to an aromatic ring is 1. The Balaban J connectivity index is 2.04. The summed E-state index contributed by atoms with van der Waals surface area (Å²) >= 11 is 0. The first-order chi connectivity index (χ1) is 8.20. The number of nitrogens with two attached hydrogens (primary N) is 1. The monoisotopic (exact) mass is 234 g/mol. The fraction of sp³-hybridized carbons (Fsp3) is 0.571. The Morgan fingerprint density at radius 2 is 2.18 bits per heavy atom. The van der Waals surface area contributed by atoms with Crippen LogP contribution < -0.4 is 5.73 Å². The van der Waals surface area contributed by atoms with Crippen LogP contribution >= 0.6 is 0 Å². The fourth-order valence-corrected chi connectivity index (χ4v) is 2.59. The molecule has 0 aliphatic carbocycles. The first-order valence-corrected chi connectivity index (χ1v) is 6.44. The van der Waals surface area contributed by atoms with E-state index < -0.39 is 0 Å². The van der Waals surface area contributed by atoms with Gasteiger partial charge in [0.25, 0.3) is 0 Å². The van der Waals surface area contributed by atoms with Crippen LogP contribution in [0.1, 0.15) is 18.9 Å². The molecule has 0 saturated carbocycles. The van der Waals surface area contributed by atoms with Gasteiger partial charge in [-0.05, 0) is 31.0 Å². The quantitative estimate of drug-likeness (QED) is 0.780. The maximum Gasteiger partial charge on any atom is 0.0596 e. The lowest BCUT2D eigenvalue weighted by molar-refractivity contribution is 0.0291. The van der Waals surface area contributed by atoms with Crippen molar-refractivity contribution >= 4 is 5.69 Å². The standard InChI is InChI=1S/C14H22N2O/c1-2-16-8-7-14(17)12(10-16)9-11-5-3-4-6-13(11)15/h3-6,12,14,17H,2,7-10,15H2,1H3. The van der Waals surface area contributed by atoms with Crippen LogP contribution in [0.15, 0.2) is 24.3 Å². The van der Waals surface area contributed by atoms with Gasteiger partial charge in [0.2, 0.25) is 0 Å². The van der Waals surface area contributed by atoms with Crippen LogP contribution in [-0.2, 0) is 6.42 Å². The molecule has 1 heterocycles. The van der Waals surface area contributed by atoms with Gasteiger partial charge in [0.15, 0.2) is 0 Å². The van der Waals surface area contributed by atoms with Gasteiger partial charge in [0.1, 0.15) is 0 Å². The van der Waals surface area contributed by atoms with Crippen molar-refractivity contribution in [3.8, 4) is 0 Å². The molecule has 1 aromatic rings. The molecule has 0 spiro atoms. The van der Waals surface area contributed by atoms with Crippen LogP contribution in [0.3, 0.4) is 0 Å². The minimum Gasteiger partial charge on any atom is -0.399 e. The van der Waals surface area contributed by atoms with Crippen molar-refractivity contribution in [2.45, 2.75) is 25.9 Å². The number of piperidine rings is 1. The van der Waals surface area contributed by atoms with Gasteiger partial charge >= 0.3 is 0 Å². The van der Waals surface area contributed by atoms with Crippen molar-refractivity contribution in [3.63, 3.8) is 0 Å². The molecule has 1 aliphatic rings. The number of aliphatic hydroxyl groups is 1. The molecule has 0 aromatic heterocycles. The molecule has 3 heteroatoms. The molecule has 94 valence electrons. The van der Waals surface area contributed by atoms with E-state index in [0.717, 1.165) is 43.7 Å². The second-order valence-electron chi connectivity index (χ2n) is 4.91. The van der Waals surface area contributed by atoms with Crippen LogP contribution in [0.5, 0.6) is 0 Å². The summed E-state index contributed by atoms with van der Waals surface area (Å²) in [7, 11) is 0. The Hall–Kier alpha value is -1.06. The summed E-state index contributed by atoms with van der Waals surface area (Å²) in [5.74, 6) is 0.313. The summed E-state index contributed by atoms with van der Waals surface area (Å²) < 4.78 is 0. The highest BCUT2D eigenvalue weighted by molar-refractivity contribution is 5.46. The zero-order valence-corrected chi connectivity index (χ0v) is 10.5. The molecule has 0 radical (unpaired) electrons. The Bertz CT molecular complexity index is 367. The zero-order valence-electron chi connectivity index (χ0n) is 10.5. The average molecular weight is 234 g/mol. The maximum atomic E-state index is 10.1. The second kappa shape index (κ2) is 5.52. The molecule has 1 fully saturated rings. The van der Waals surface area contributed by atoms with Crippen molar-refractivity contribution in [3.05, 3.63) is 29.8 Å². The van der Waals surface area contributed by atoms with Gasteiger partial charge in [-0.1, -0.05) is 25.1 Å². The topological polar surface area (TPSA) is 49.5 Å². The van der Waals surface area contributed by atoms with Crippen LogP contribution in [0.4, 0.5) is 5.69 Å².